The number of nitriles is 1. The van der Waals surface area contributed by atoms with Gasteiger partial charge in [0.05, 0.1) is 34.1 Å². The van der Waals surface area contributed by atoms with Crippen molar-refractivity contribution in [1.82, 2.24) is 0 Å². The van der Waals surface area contributed by atoms with Crippen molar-refractivity contribution in [2.45, 2.75) is 17.8 Å². The number of nitrogens with zero attached hydrogens (tertiary/aromatic N) is 2. The first-order chi connectivity index (χ1) is 11.7. The minimum atomic E-state index is -4.83. The van der Waals surface area contributed by atoms with Gasteiger partial charge in [-0.1, -0.05) is 12.2 Å². The lowest BCUT2D eigenvalue weighted by molar-refractivity contribution is -0.137. The molecule has 5 nitrogen and oxygen atoms in total. The van der Waals surface area contributed by atoms with E-state index in [1.54, 1.807) is 6.08 Å². The van der Waals surface area contributed by atoms with Gasteiger partial charge in [-0.3, -0.25) is 4.79 Å². The van der Waals surface area contributed by atoms with Crippen molar-refractivity contribution in [3.8, 4) is 6.07 Å². The number of amides is 1. The first-order valence-corrected chi connectivity index (χ1v) is 9.04. The average molecular weight is 368 g/mol. The number of alkyl halides is 3. The van der Waals surface area contributed by atoms with Gasteiger partial charge in [0.15, 0.2) is 0 Å². The Hall–Kier alpha value is -2.34. The number of hydrogen-bond donors (Lipinski definition) is 0. The average Bonchev–Trinajstić information content (AvgIpc) is 3.19. The summed E-state index contributed by atoms with van der Waals surface area (Å²) in [5, 5.41) is 7.93. The van der Waals surface area contributed by atoms with Crippen LogP contribution >= 0.6 is 0 Å². The van der Waals surface area contributed by atoms with Crippen molar-refractivity contribution in [3.63, 3.8) is 0 Å². The summed E-state index contributed by atoms with van der Waals surface area (Å²) in [7, 11) is -4.10. The summed E-state index contributed by atoms with van der Waals surface area (Å²) in [6.07, 6.45) is -0.678. The van der Waals surface area contributed by atoms with Gasteiger partial charge >= 0.3 is 6.18 Å². The molecule has 0 unspecified atom stereocenters. The summed E-state index contributed by atoms with van der Waals surface area (Å²) in [4.78, 5) is 12.7. The molecule has 0 N–H and O–H groups in total. The van der Waals surface area contributed by atoms with Gasteiger partial charge in [-0.05, 0) is 36.5 Å². The van der Waals surface area contributed by atoms with Crippen LogP contribution in [0.5, 0.6) is 0 Å². The van der Waals surface area contributed by atoms with Gasteiger partial charge in [0.2, 0.25) is 15.9 Å². The van der Waals surface area contributed by atoms with Crippen LogP contribution in [0.25, 0.3) is 0 Å². The standard InChI is InChI=1S/C16H11F3N2O3S/c17-16(18,19)12-6-11(4-3-10(12)7-20)21-15(22)13-8-1-2-9(5-8)14(13)25(21,23)24/h1-4,6,8-9,13-14H,5H2/t8-,9+,13-,14+/m0/s1. The van der Waals surface area contributed by atoms with E-state index in [0.29, 0.717) is 16.8 Å². The van der Waals surface area contributed by atoms with Crippen LogP contribution in [0.2, 0.25) is 0 Å². The van der Waals surface area contributed by atoms with Crippen molar-refractivity contribution >= 4 is 21.6 Å². The number of hydrogen-bond acceptors (Lipinski definition) is 4. The van der Waals surface area contributed by atoms with Crippen LogP contribution in [0.4, 0.5) is 18.9 Å². The summed E-state index contributed by atoms with van der Waals surface area (Å²) in [5.41, 5.74) is -2.25. The molecule has 0 spiro atoms. The van der Waals surface area contributed by atoms with Gasteiger partial charge in [0.25, 0.3) is 0 Å². The van der Waals surface area contributed by atoms with Crippen LogP contribution in [-0.4, -0.2) is 19.6 Å². The molecule has 1 heterocycles. The lowest BCUT2D eigenvalue weighted by Gasteiger charge is -2.20. The Labute approximate surface area is 141 Å². The second-order valence-electron chi connectivity index (χ2n) is 6.43. The van der Waals surface area contributed by atoms with Crippen LogP contribution in [0.1, 0.15) is 17.5 Å². The molecular formula is C16H11F3N2O3S. The third kappa shape index (κ3) is 2.07. The van der Waals surface area contributed by atoms with Crippen LogP contribution in [-0.2, 0) is 21.0 Å². The maximum Gasteiger partial charge on any atom is 0.417 e. The molecule has 130 valence electrons. The number of rotatable bonds is 1. The highest BCUT2D eigenvalue weighted by Crippen LogP contribution is 2.53. The fraction of sp³-hybridized carbons (Fsp3) is 0.375. The molecule has 1 aromatic rings. The molecule has 1 amide bonds. The molecule has 2 aliphatic carbocycles. The molecule has 1 saturated heterocycles. The number of benzene rings is 1. The maximum absolute atomic E-state index is 13.1. The number of anilines is 1. The Kier molecular flexibility index (Phi) is 3.13. The molecule has 1 aliphatic heterocycles. The predicted molar refractivity (Wildman–Crippen MR) is 80.6 cm³/mol. The molecule has 1 aromatic carbocycles. The normalized spacial score (nSPS) is 32.1. The number of fused-ring (bicyclic) bond motifs is 5. The fourth-order valence-corrected chi connectivity index (χ4v) is 6.51. The highest BCUT2D eigenvalue weighted by molar-refractivity contribution is 7.94. The topological polar surface area (TPSA) is 78.2 Å². The van der Waals surface area contributed by atoms with Gasteiger partial charge in [-0.15, -0.1) is 0 Å². The molecule has 4 rings (SSSR count). The fourth-order valence-electron chi connectivity index (χ4n) is 4.15. The Bertz CT molecular complexity index is 962. The zero-order valence-electron chi connectivity index (χ0n) is 12.6. The van der Waals surface area contributed by atoms with Crippen molar-refractivity contribution < 1.29 is 26.4 Å². The Balaban J connectivity index is 1.84. The Morgan fingerprint density at radius 1 is 1.20 bits per heavy atom. The van der Waals surface area contributed by atoms with E-state index in [9.17, 15) is 26.4 Å². The van der Waals surface area contributed by atoms with Gasteiger partial charge in [0, 0.05) is 0 Å². The molecule has 9 heteroatoms. The first-order valence-electron chi connectivity index (χ1n) is 7.54. The minimum Gasteiger partial charge on any atom is -0.273 e. The largest absolute Gasteiger partial charge is 0.417 e. The van der Waals surface area contributed by atoms with Crippen LogP contribution < -0.4 is 4.31 Å². The monoisotopic (exact) mass is 368 g/mol. The van der Waals surface area contributed by atoms with Crippen molar-refractivity contribution in [2.24, 2.45) is 17.8 Å². The highest BCUT2D eigenvalue weighted by atomic mass is 32.2. The lowest BCUT2D eigenvalue weighted by atomic mass is 9.92. The van der Waals surface area contributed by atoms with Crippen LogP contribution in [0.3, 0.4) is 0 Å². The molecule has 2 fully saturated rings. The van der Waals surface area contributed by atoms with Gasteiger partial charge in [-0.2, -0.15) is 18.4 Å². The lowest BCUT2D eigenvalue weighted by Crippen LogP contribution is -2.34. The molecule has 4 atom stereocenters. The highest BCUT2D eigenvalue weighted by Gasteiger charge is 2.63. The summed E-state index contributed by atoms with van der Waals surface area (Å²) in [6, 6.07) is 3.95. The molecule has 2 bridgehead atoms. The SMILES string of the molecule is N#Cc1ccc(N2C(=O)[C@@H]3[C@@H]([C@@H]4C=C[C@H]3C4)S2(=O)=O)cc1C(F)(F)F. The molecule has 3 aliphatic rings. The molecule has 0 radical (unpaired) electrons. The summed E-state index contributed by atoms with van der Waals surface area (Å²) in [5.74, 6) is -1.91. The molecule has 25 heavy (non-hydrogen) atoms. The number of carbonyl (C=O) groups excluding carboxylic acids is 1. The maximum atomic E-state index is 13.1. The Morgan fingerprint density at radius 2 is 1.88 bits per heavy atom. The predicted octanol–water partition coefficient (Wildman–Crippen LogP) is 2.44. The van der Waals surface area contributed by atoms with E-state index >= 15 is 0 Å². The van der Waals surface area contributed by atoms with E-state index in [2.05, 4.69) is 0 Å². The third-order valence-electron chi connectivity index (χ3n) is 5.13. The zero-order valence-corrected chi connectivity index (χ0v) is 13.4. The summed E-state index contributed by atoms with van der Waals surface area (Å²) in [6.45, 7) is 0. The summed E-state index contributed by atoms with van der Waals surface area (Å²) >= 11 is 0. The zero-order chi connectivity index (χ0) is 18.1. The van der Waals surface area contributed by atoms with E-state index in [1.807, 2.05) is 6.08 Å². The Morgan fingerprint density at radius 3 is 2.48 bits per heavy atom. The van der Waals surface area contributed by atoms with Crippen molar-refractivity contribution in [3.05, 3.63) is 41.5 Å². The second kappa shape index (κ2) is 4.85. The van der Waals surface area contributed by atoms with E-state index in [1.165, 1.54) is 6.07 Å². The number of allylic oxidation sites excluding steroid dienone is 2. The quantitative estimate of drug-likeness (QED) is 0.714. The number of sulfonamides is 1. The molecule has 0 aromatic heterocycles. The number of carbonyl (C=O) groups is 1. The van der Waals surface area contributed by atoms with Crippen LogP contribution in [0, 0.1) is 29.1 Å². The smallest absolute Gasteiger partial charge is 0.273 e. The first kappa shape index (κ1) is 16.1. The van der Waals surface area contributed by atoms with Gasteiger partial charge < -0.3 is 0 Å². The van der Waals surface area contributed by atoms with E-state index in [0.717, 1.165) is 12.1 Å². The van der Waals surface area contributed by atoms with E-state index < -0.39 is 44.4 Å². The second-order valence-corrected chi connectivity index (χ2v) is 8.37. The molecule has 1 saturated carbocycles. The van der Waals surface area contributed by atoms with E-state index in [-0.39, 0.29) is 17.5 Å². The number of halogens is 3. The van der Waals surface area contributed by atoms with Crippen molar-refractivity contribution in [1.29, 1.82) is 5.26 Å². The minimum absolute atomic E-state index is 0.192. The summed E-state index contributed by atoms with van der Waals surface area (Å²) < 4.78 is 65.6. The van der Waals surface area contributed by atoms with Crippen LogP contribution in [0.15, 0.2) is 30.4 Å². The van der Waals surface area contributed by atoms with Gasteiger partial charge in [0.1, 0.15) is 0 Å². The molecular weight excluding hydrogens is 357 g/mol. The van der Waals surface area contributed by atoms with Crippen molar-refractivity contribution in [2.75, 3.05) is 4.31 Å². The third-order valence-corrected chi connectivity index (χ3v) is 7.36. The van der Waals surface area contributed by atoms with Gasteiger partial charge in [-0.25, -0.2) is 12.7 Å². The van der Waals surface area contributed by atoms with E-state index in [4.69, 9.17) is 5.26 Å².